The van der Waals surface area contributed by atoms with Gasteiger partial charge < -0.3 is 10.4 Å². The van der Waals surface area contributed by atoms with Crippen molar-refractivity contribution in [2.45, 2.75) is 39.7 Å². The number of hydrogen-bond donors (Lipinski definition) is 2. The molecule has 76 valence electrons. The average Bonchev–Trinajstić information content (AvgIpc) is 2.70. The van der Waals surface area contributed by atoms with Crippen molar-refractivity contribution < 1.29 is 9.90 Å². The van der Waals surface area contributed by atoms with Crippen molar-refractivity contribution in [3.63, 3.8) is 0 Å². The summed E-state index contributed by atoms with van der Waals surface area (Å²) in [7, 11) is 0. The van der Waals surface area contributed by atoms with Crippen LogP contribution >= 0.6 is 0 Å². The molecule has 0 radical (unpaired) electrons. The number of nitrogens with one attached hydrogen (secondary N) is 1. The van der Waals surface area contributed by atoms with E-state index >= 15 is 0 Å². The quantitative estimate of drug-likeness (QED) is 0.684. The average molecular weight is 185 g/mol. The molecule has 1 fully saturated rings. The Morgan fingerprint density at radius 1 is 1.69 bits per heavy atom. The fourth-order valence-corrected chi connectivity index (χ4v) is 1.49. The summed E-state index contributed by atoms with van der Waals surface area (Å²) < 4.78 is 0. The third kappa shape index (κ3) is 2.44. The zero-order chi connectivity index (χ0) is 10.1. The lowest BCUT2D eigenvalue weighted by Gasteiger charge is -2.14. The van der Waals surface area contributed by atoms with E-state index in [0.717, 1.165) is 12.8 Å². The molecule has 0 aromatic heterocycles. The fraction of sp³-hybridized carbons (Fsp3) is 0.900. The van der Waals surface area contributed by atoms with Crippen LogP contribution in [-0.4, -0.2) is 23.7 Å². The zero-order valence-corrected chi connectivity index (χ0v) is 8.63. The third-order valence-electron chi connectivity index (χ3n) is 2.89. The summed E-state index contributed by atoms with van der Waals surface area (Å²) in [6.45, 7) is 6.18. The molecule has 1 rings (SSSR count). The molecule has 1 aliphatic rings. The maximum absolute atomic E-state index is 11.5. The maximum Gasteiger partial charge on any atom is 0.223 e. The van der Waals surface area contributed by atoms with Gasteiger partial charge >= 0.3 is 0 Å². The van der Waals surface area contributed by atoms with E-state index in [2.05, 4.69) is 19.2 Å². The molecule has 13 heavy (non-hydrogen) atoms. The van der Waals surface area contributed by atoms with Gasteiger partial charge in [-0.1, -0.05) is 20.8 Å². The van der Waals surface area contributed by atoms with Crippen LogP contribution in [0.15, 0.2) is 0 Å². The summed E-state index contributed by atoms with van der Waals surface area (Å²) in [5.74, 6) is 0.263. The molecule has 2 N–H and O–H groups in total. The number of aliphatic hydroxyl groups is 1. The minimum Gasteiger partial charge on any atom is -0.394 e. The summed E-state index contributed by atoms with van der Waals surface area (Å²) in [4.78, 5) is 11.5. The molecule has 0 saturated heterocycles. The van der Waals surface area contributed by atoms with Crippen LogP contribution in [0, 0.1) is 11.3 Å². The van der Waals surface area contributed by atoms with Gasteiger partial charge in [0.15, 0.2) is 0 Å². The van der Waals surface area contributed by atoms with E-state index in [-0.39, 0.29) is 29.9 Å². The van der Waals surface area contributed by atoms with Gasteiger partial charge in [-0.2, -0.15) is 0 Å². The van der Waals surface area contributed by atoms with Gasteiger partial charge in [0, 0.05) is 5.92 Å². The molecular formula is C10H19NO2. The van der Waals surface area contributed by atoms with E-state index in [1.54, 1.807) is 0 Å². The smallest absolute Gasteiger partial charge is 0.223 e. The first-order valence-corrected chi connectivity index (χ1v) is 4.92. The number of hydrogen-bond acceptors (Lipinski definition) is 2. The highest BCUT2D eigenvalue weighted by molar-refractivity contribution is 5.82. The number of rotatable bonds is 4. The Bertz CT molecular complexity index is 197. The Morgan fingerprint density at radius 2 is 2.23 bits per heavy atom. The van der Waals surface area contributed by atoms with Crippen molar-refractivity contribution in [2.75, 3.05) is 6.61 Å². The minimum absolute atomic E-state index is 0.0371. The van der Waals surface area contributed by atoms with E-state index in [0.29, 0.717) is 0 Å². The predicted molar refractivity (Wildman–Crippen MR) is 51.2 cm³/mol. The van der Waals surface area contributed by atoms with Crippen molar-refractivity contribution in [1.29, 1.82) is 0 Å². The highest BCUT2D eigenvalue weighted by Crippen LogP contribution is 2.51. The molecule has 0 heterocycles. The lowest BCUT2D eigenvalue weighted by Crippen LogP contribution is -2.38. The predicted octanol–water partition coefficient (Wildman–Crippen LogP) is 0.920. The zero-order valence-electron chi connectivity index (χ0n) is 8.63. The molecule has 3 nitrogen and oxygen atoms in total. The molecule has 3 heteroatoms. The second-order valence-electron chi connectivity index (χ2n) is 4.54. The highest BCUT2D eigenvalue weighted by atomic mass is 16.3. The second-order valence-corrected chi connectivity index (χ2v) is 4.54. The molecule has 0 spiro atoms. The molecule has 1 unspecified atom stereocenters. The first-order valence-electron chi connectivity index (χ1n) is 4.92. The van der Waals surface area contributed by atoms with Crippen LogP contribution < -0.4 is 5.32 Å². The molecule has 0 aliphatic heterocycles. The van der Waals surface area contributed by atoms with Crippen molar-refractivity contribution in [2.24, 2.45) is 11.3 Å². The summed E-state index contributed by atoms with van der Waals surface area (Å²) in [6.07, 6.45) is 1.76. The number of carbonyl (C=O) groups is 1. The Hall–Kier alpha value is -0.570. The van der Waals surface area contributed by atoms with Crippen LogP contribution in [0.5, 0.6) is 0 Å². The minimum atomic E-state index is -0.0658. The Labute approximate surface area is 79.5 Å². The molecule has 0 aromatic rings. The van der Waals surface area contributed by atoms with Crippen molar-refractivity contribution >= 4 is 5.91 Å². The van der Waals surface area contributed by atoms with Crippen molar-refractivity contribution in [3.8, 4) is 0 Å². The Morgan fingerprint density at radius 3 is 2.54 bits per heavy atom. The normalized spacial score (nSPS) is 26.6. The number of carbonyl (C=O) groups excluding carboxylic acids is 1. The lowest BCUT2D eigenvalue weighted by molar-refractivity contribution is -0.124. The van der Waals surface area contributed by atoms with Crippen LogP contribution in [0.25, 0.3) is 0 Å². The Balaban J connectivity index is 2.34. The topological polar surface area (TPSA) is 49.3 Å². The highest BCUT2D eigenvalue weighted by Gasteiger charge is 2.50. The summed E-state index contributed by atoms with van der Waals surface area (Å²) in [6, 6.07) is -0.0658. The molecule has 1 saturated carbocycles. The molecule has 2 atom stereocenters. The summed E-state index contributed by atoms with van der Waals surface area (Å²) in [5.41, 5.74) is 0.178. The van der Waals surface area contributed by atoms with Gasteiger partial charge in [-0.05, 0) is 18.3 Å². The molecule has 0 aromatic carbocycles. The van der Waals surface area contributed by atoms with Crippen molar-refractivity contribution in [1.82, 2.24) is 5.32 Å². The van der Waals surface area contributed by atoms with Crippen LogP contribution in [0.3, 0.4) is 0 Å². The van der Waals surface area contributed by atoms with Crippen molar-refractivity contribution in [3.05, 3.63) is 0 Å². The van der Waals surface area contributed by atoms with Gasteiger partial charge in [-0.25, -0.2) is 0 Å². The Kier molecular flexibility index (Phi) is 2.96. The van der Waals surface area contributed by atoms with E-state index in [1.807, 2.05) is 6.92 Å². The third-order valence-corrected chi connectivity index (χ3v) is 2.89. The van der Waals surface area contributed by atoms with Crippen LogP contribution in [0.4, 0.5) is 0 Å². The SMILES string of the molecule is CC[C@H](CO)NC(=O)C1CC1(C)C. The van der Waals surface area contributed by atoms with Gasteiger partial charge in [0.1, 0.15) is 0 Å². The van der Waals surface area contributed by atoms with E-state index in [4.69, 9.17) is 5.11 Å². The monoisotopic (exact) mass is 185 g/mol. The fourth-order valence-electron chi connectivity index (χ4n) is 1.49. The maximum atomic E-state index is 11.5. The number of aliphatic hydroxyl groups excluding tert-OH is 1. The van der Waals surface area contributed by atoms with Gasteiger partial charge in [0.05, 0.1) is 12.6 Å². The van der Waals surface area contributed by atoms with Crippen LogP contribution in [0.2, 0.25) is 0 Å². The van der Waals surface area contributed by atoms with Gasteiger partial charge in [0.2, 0.25) is 5.91 Å². The van der Waals surface area contributed by atoms with Gasteiger partial charge in [0.25, 0.3) is 0 Å². The molecular weight excluding hydrogens is 166 g/mol. The number of amides is 1. The molecule has 1 amide bonds. The van der Waals surface area contributed by atoms with E-state index < -0.39 is 0 Å². The lowest BCUT2D eigenvalue weighted by atomic mass is 10.1. The summed E-state index contributed by atoms with van der Waals surface area (Å²) >= 11 is 0. The largest absolute Gasteiger partial charge is 0.394 e. The first kappa shape index (κ1) is 10.5. The molecule has 0 bridgehead atoms. The van der Waals surface area contributed by atoms with Crippen LogP contribution in [0.1, 0.15) is 33.6 Å². The standard InChI is InChI=1S/C10H19NO2/c1-4-7(6-12)11-9(13)8-5-10(8,2)3/h7-8,12H,4-6H2,1-3H3,(H,11,13)/t7-,8?/m1/s1. The first-order chi connectivity index (χ1) is 6.01. The van der Waals surface area contributed by atoms with Gasteiger partial charge in [-0.15, -0.1) is 0 Å². The van der Waals surface area contributed by atoms with Gasteiger partial charge in [-0.3, -0.25) is 4.79 Å². The van der Waals surface area contributed by atoms with Crippen LogP contribution in [-0.2, 0) is 4.79 Å². The molecule has 1 aliphatic carbocycles. The van der Waals surface area contributed by atoms with E-state index in [1.165, 1.54) is 0 Å². The summed E-state index contributed by atoms with van der Waals surface area (Å²) in [5, 5.41) is 11.7. The second kappa shape index (κ2) is 3.66. The van der Waals surface area contributed by atoms with E-state index in [9.17, 15) is 4.79 Å².